The van der Waals surface area contributed by atoms with E-state index in [4.69, 9.17) is 10.5 Å². The number of ether oxygens (including phenoxy) is 1. The Balaban J connectivity index is 2.88. The summed E-state index contributed by atoms with van der Waals surface area (Å²) in [6.45, 7) is 5.94. The zero-order valence-corrected chi connectivity index (χ0v) is 20.2. The third-order valence-electron chi connectivity index (χ3n) is 5.97. The maximum Gasteiger partial charge on any atom is 0.328 e. The van der Waals surface area contributed by atoms with Crippen LogP contribution in [0.1, 0.15) is 78.6 Å². The Morgan fingerprint density at radius 1 is 1.00 bits per heavy atom. The molecular formula is C23H42N4O6. The van der Waals surface area contributed by atoms with Crippen molar-refractivity contribution in [2.24, 2.45) is 17.6 Å². The fraction of sp³-hybridized carbons (Fsp3) is 0.826. The number of unbranched alkanes of at least 4 members (excludes halogenated alkanes) is 1. The average Bonchev–Trinajstić information content (AvgIpc) is 2.76. The second kappa shape index (κ2) is 15.5. The van der Waals surface area contributed by atoms with Crippen molar-refractivity contribution >= 4 is 23.9 Å². The smallest absolute Gasteiger partial charge is 0.328 e. The molecule has 190 valence electrons. The van der Waals surface area contributed by atoms with Gasteiger partial charge in [-0.15, -0.1) is 0 Å². The molecule has 0 aromatic rings. The number of urea groups is 1. The van der Waals surface area contributed by atoms with E-state index < -0.39 is 42.0 Å². The van der Waals surface area contributed by atoms with Crippen LogP contribution < -0.4 is 21.7 Å². The Labute approximate surface area is 196 Å². The van der Waals surface area contributed by atoms with Crippen molar-refractivity contribution in [2.75, 3.05) is 13.2 Å². The number of carboxylic acids is 1. The third kappa shape index (κ3) is 10.9. The maximum atomic E-state index is 13.1. The molecule has 33 heavy (non-hydrogen) atoms. The van der Waals surface area contributed by atoms with Crippen LogP contribution in [0.3, 0.4) is 0 Å². The average molecular weight is 471 g/mol. The summed E-state index contributed by atoms with van der Waals surface area (Å²) < 4.78 is 5.08. The van der Waals surface area contributed by atoms with E-state index in [0.29, 0.717) is 25.8 Å². The van der Waals surface area contributed by atoms with E-state index in [1.165, 1.54) is 0 Å². The van der Waals surface area contributed by atoms with Gasteiger partial charge in [0, 0.05) is 0 Å². The molecule has 0 saturated heterocycles. The van der Waals surface area contributed by atoms with Crippen molar-refractivity contribution < 1.29 is 29.0 Å². The minimum atomic E-state index is -1.14. The number of carboxylic acid groups (broad SMARTS) is 1. The lowest BCUT2D eigenvalue weighted by Gasteiger charge is -2.29. The van der Waals surface area contributed by atoms with Crippen molar-refractivity contribution in [1.29, 1.82) is 0 Å². The van der Waals surface area contributed by atoms with Crippen LogP contribution in [0.25, 0.3) is 0 Å². The van der Waals surface area contributed by atoms with E-state index in [0.717, 1.165) is 32.1 Å². The van der Waals surface area contributed by atoms with E-state index in [1.54, 1.807) is 20.8 Å². The summed E-state index contributed by atoms with van der Waals surface area (Å²) in [7, 11) is 0. The van der Waals surface area contributed by atoms with Gasteiger partial charge in [-0.3, -0.25) is 4.79 Å². The van der Waals surface area contributed by atoms with Crippen molar-refractivity contribution in [3.63, 3.8) is 0 Å². The summed E-state index contributed by atoms with van der Waals surface area (Å²) in [6, 6.07) is -3.51. The quantitative estimate of drug-likeness (QED) is 0.191. The van der Waals surface area contributed by atoms with Crippen molar-refractivity contribution in [3.8, 4) is 0 Å². The van der Waals surface area contributed by atoms with E-state index in [9.17, 15) is 24.3 Å². The van der Waals surface area contributed by atoms with Gasteiger partial charge in [0.25, 0.3) is 0 Å². The number of carbonyl (C=O) groups excluding carboxylic acids is 3. The van der Waals surface area contributed by atoms with E-state index in [2.05, 4.69) is 16.0 Å². The van der Waals surface area contributed by atoms with E-state index in [-0.39, 0.29) is 24.9 Å². The Kier molecular flexibility index (Phi) is 13.4. The normalized spacial score (nSPS) is 17.0. The number of nitrogens with two attached hydrogens (primary N) is 1. The lowest BCUT2D eigenvalue weighted by atomic mass is 9.84. The van der Waals surface area contributed by atoms with Gasteiger partial charge in [0.15, 0.2) is 0 Å². The predicted molar refractivity (Wildman–Crippen MR) is 124 cm³/mol. The maximum absolute atomic E-state index is 13.1. The van der Waals surface area contributed by atoms with Crippen molar-refractivity contribution in [1.82, 2.24) is 16.0 Å². The minimum absolute atomic E-state index is 0.198. The molecule has 1 fully saturated rings. The summed E-state index contributed by atoms with van der Waals surface area (Å²) in [5, 5.41) is 17.2. The lowest BCUT2D eigenvalue weighted by Crippen LogP contribution is -2.57. The number of esters is 1. The van der Waals surface area contributed by atoms with Crippen LogP contribution in [-0.2, 0) is 19.1 Å². The molecule has 3 amide bonds. The first kappa shape index (κ1) is 28.7. The molecular weight excluding hydrogens is 428 g/mol. The summed E-state index contributed by atoms with van der Waals surface area (Å²) in [5.74, 6) is -2.06. The topological polar surface area (TPSA) is 160 Å². The SMILES string of the molecule is CCOC(=O)[C@@H](NC(=O)[C@@H](CC1CCCCC1)NC(=O)N[C@@H](CCCCN)C(=O)O)C(C)C. The summed E-state index contributed by atoms with van der Waals surface area (Å²) in [5.41, 5.74) is 5.46. The molecule has 0 bridgehead atoms. The van der Waals surface area contributed by atoms with Crippen LogP contribution in [0, 0.1) is 11.8 Å². The molecule has 0 spiro atoms. The Morgan fingerprint density at radius 2 is 1.64 bits per heavy atom. The lowest BCUT2D eigenvalue weighted by molar-refractivity contribution is -0.149. The monoisotopic (exact) mass is 470 g/mol. The first-order valence-corrected chi connectivity index (χ1v) is 12.2. The van der Waals surface area contributed by atoms with Gasteiger partial charge in [-0.1, -0.05) is 46.0 Å². The highest BCUT2D eigenvalue weighted by Crippen LogP contribution is 2.27. The predicted octanol–water partition coefficient (Wildman–Crippen LogP) is 1.91. The highest BCUT2D eigenvalue weighted by atomic mass is 16.5. The van der Waals surface area contributed by atoms with Crippen LogP contribution in [0.15, 0.2) is 0 Å². The van der Waals surface area contributed by atoms with Gasteiger partial charge >= 0.3 is 18.0 Å². The zero-order chi connectivity index (χ0) is 24.8. The molecule has 0 aromatic carbocycles. The Morgan fingerprint density at radius 3 is 2.18 bits per heavy atom. The van der Waals surface area contributed by atoms with E-state index >= 15 is 0 Å². The van der Waals surface area contributed by atoms with Crippen LogP contribution in [0.4, 0.5) is 4.79 Å². The number of hydrogen-bond donors (Lipinski definition) is 5. The first-order chi connectivity index (χ1) is 15.7. The molecule has 10 heteroatoms. The fourth-order valence-electron chi connectivity index (χ4n) is 4.08. The zero-order valence-electron chi connectivity index (χ0n) is 20.2. The second-order valence-electron chi connectivity index (χ2n) is 9.07. The van der Waals surface area contributed by atoms with Crippen LogP contribution in [0.5, 0.6) is 0 Å². The van der Waals surface area contributed by atoms with Gasteiger partial charge in [-0.2, -0.15) is 0 Å². The van der Waals surface area contributed by atoms with Crippen LogP contribution in [0.2, 0.25) is 0 Å². The number of rotatable bonds is 14. The molecule has 1 rings (SSSR count). The van der Waals surface area contributed by atoms with Gasteiger partial charge in [-0.25, -0.2) is 14.4 Å². The molecule has 10 nitrogen and oxygen atoms in total. The molecule has 0 aromatic heterocycles. The van der Waals surface area contributed by atoms with Gasteiger partial charge in [0.05, 0.1) is 6.61 Å². The molecule has 3 atom stereocenters. The second-order valence-corrected chi connectivity index (χ2v) is 9.07. The molecule has 6 N–H and O–H groups in total. The first-order valence-electron chi connectivity index (χ1n) is 12.2. The van der Waals surface area contributed by atoms with Crippen LogP contribution >= 0.6 is 0 Å². The summed E-state index contributed by atoms with van der Waals surface area (Å²) in [4.78, 5) is 49.5. The largest absolute Gasteiger partial charge is 0.480 e. The molecule has 0 heterocycles. The molecule has 0 unspecified atom stereocenters. The highest BCUT2D eigenvalue weighted by Gasteiger charge is 2.32. The number of nitrogens with one attached hydrogen (secondary N) is 3. The fourth-order valence-corrected chi connectivity index (χ4v) is 4.08. The molecule has 1 aliphatic rings. The van der Waals surface area contributed by atoms with Gasteiger partial charge in [-0.05, 0) is 51.0 Å². The Hall–Kier alpha value is -2.36. The minimum Gasteiger partial charge on any atom is -0.480 e. The van der Waals surface area contributed by atoms with Crippen molar-refractivity contribution in [2.45, 2.75) is 96.7 Å². The van der Waals surface area contributed by atoms with Gasteiger partial charge in [0.1, 0.15) is 18.1 Å². The highest BCUT2D eigenvalue weighted by molar-refractivity contribution is 5.91. The summed E-state index contributed by atoms with van der Waals surface area (Å²) in [6.07, 6.45) is 7.14. The number of amides is 3. The van der Waals surface area contributed by atoms with E-state index in [1.807, 2.05) is 0 Å². The summed E-state index contributed by atoms with van der Waals surface area (Å²) >= 11 is 0. The Bertz CT molecular complexity index is 636. The van der Waals surface area contributed by atoms with Gasteiger partial charge < -0.3 is 31.5 Å². The molecule has 0 aliphatic heterocycles. The number of hydrogen-bond acceptors (Lipinski definition) is 6. The van der Waals surface area contributed by atoms with Crippen molar-refractivity contribution in [3.05, 3.63) is 0 Å². The van der Waals surface area contributed by atoms with Gasteiger partial charge in [0.2, 0.25) is 5.91 Å². The standard InChI is InChI=1S/C23H42N4O6/c1-4-33-22(31)19(15(2)3)27-20(28)18(14-16-10-6-5-7-11-16)26-23(32)25-17(21(29)30)12-8-9-13-24/h15-19H,4-14,24H2,1-3H3,(H,27,28)(H,29,30)(H2,25,26,32)/t17-,18+,19-/m0/s1. The number of carbonyl (C=O) groups is 4. The number of aliphatic carboxylic acids is 1. The molecule has 1 aliphatic carbocycles. The molecule has 0 radical (unpaired) electrons. The molecule has 1 saturated carbocycles. The third-order valence-corrected chi connectivity index (χ3v) is 5.97. The van der Waals surface area contributed by atoms with Crippen LogP contribution in [-0.4, -0.2) is 60.3 Å².